The number of carboxylic acids is 1. The van der Waals surface area contributed by atoms with Crippen LogP contribution in [0, 0.1) is 5.92 Å². The van der Waals surface area contributed by atoms with Crippen molar-refractivity contribution in [3.63, 3.8) is 0 Å². The normalized spacial score (nSPS) is 17.1. The Morgan fingerprint density at radius 2 is 1.50 bits per heavy atom. The number of ether oxygens (including phenoxy) is 2. The molecule has 1 aliphatic carbocycles. The highest BCUT2D eigenvalue weighted by Crippen LogP contribution is 2.50. The molecule has 4 aromatic rings. The lowest BCUT2D eigenvalue weighted by molar-refractivity contribution is -0.138. The van der Waals surface area contributed by atoms with Crippen molar-refractivity contribution in [3.05, 3.63) is 108 Å². The van der Waals surface area contributed by atoms with Gasteiger partial charge < -0.3 is 14.6 Å². The molecule has 5 rings (SSSR count). The molecule has 0 spiro atoms. The number of benzene rings is 4. The zero-order valence-electron chi connectivity index (χ0n) is 17.6. The Kier molecular flexibility index (Phi) is 5.51. The average molecular weight is 424 g/mol. The molecule has 2 unspecified atom stereocenters. The summed E-state index contributed by atoms with van der Waals surface area (Å²) < 4.78 is 12.0. The minimum absolute atomic E-state index is 0.0506. The zero-order valence-corrected chi connectivity index (χ0v) is 17.6. The largest absolute Gasteiger partial charge is 0.489 e. The van der Waals surface area contributed by atoms with E-state index in [9.17, 15) is 9.90 Å². The molecule has 4 nitrogen and oxygen atoms in total. The second kappa shape index (κ2) is 8.75. The first-order valence-corrected chi connectivity index (χ1v) is 10.8. The van der Waals surface area contributed by atoms with Gasteiger partial charge in [0, 0.05) is 5.92 Å². The minimum atomic E-state index is -0.730. The van der Waals surface area contributed by atoms with Crippen LogP contribution in [-0.4, -0.2) is 11.1 Å². The fourth-order valence-corrected chi connectivity index (χ4v) is 4.08. The van der Waals surface area contributed by atoms with Crippen LogP contribution in [0.5, 0.6) is 11.5 Å². The van der Waals surface area contributed by atoms with Crippen molar-refractivity contribution in [2.75, 3.05) is 0 Å². The van der Waals surface area contributed by atoms with E-state index in [2.05, 4.69) is 42.5 Å². The molecule has 32 heavy (non-hydrogen) atoms. The number of fused-ring (bicyclic) bond motifs is 1. The van der Waals surface area contributed by atoms with Gasteiger partial charge in [0.05, 0.1) is 5.92 Å². The van der Waals surface area contributed by atoms with Crippen molar-refractivity contribution in [1.82, 2.24) is 0 Å². The molecule has 0 saturated heterocycles. The van der Waals surface area contributed by atoms with Gasteiger partial charge in [0.15, 0.2) is 0 Å². The molecule has 4 aromatic carbocycles. The molecule has 160 valence electrons. The van der Waals surface area contributed by atoms with Crippen LogP contribution in [-0.2, 0) is 18.0 Å². The van der Waals surface area contributed by atoms with Crippen LogP contribution >= 0.6 is 0 Å². The molecule has 2 atom stereocenters. The summed E-state index contributed by atoms with van der Waals surface area (Å²) >= 11 is 0. The van der Waals surface area contributed by atoms with E-state index in [0.717, 1.165) is 39.0 Å². The van der Waals surface area contributed by atoms with E-state index in [1.807, 2.05) is 48.5 Å². The van der Waals surface area contributed by atoms with E-state index in [1.165, 1.54) is 0 Å². The monoisotopic (exact) mass is 424 g/mol. The molecule has 0 aromatic heterocycles. The van der Waals surface area contributed by atoms with Gasteiger partial charge in [0.2, 0.25) is 0 Å². The highest BCUT2D eigenvalue weighted by molar-refractivity contribution is 5.84. The number of aliphatic carboxylic acids is 1. The molecule has 0 amide bonds. The highest BCUT2D eigenvalue weighted by Gasteiger charge is 2.45. The van der Waals surface area contributed by atoms with Crippen LogP contribution in [0.25, 0.3) is 10.8 Å². The van der Waals surface area contributed by atoms with Crippen LogP contribution in [0.1, 0.15) is 29.0 Å². The van der Waals surface area contributed by atoms with Crippen molar-refractivity contribution >= 4 is 16.7 Å². The van der Waals surface area contributed by atoms with E-state index in [0.29, 0.717) is 19.6 Å². The minimum Gasteiger partial charge on any atom is -0.489 e. The van der Waals surface area contributed by atoms with E-state index >= 15 is 0 Å². The third-order valence-corrected chi connectivity index (χ3v) is 5.94. The van der Waals surface area contributed by atoms with Gasteiger partial charge in [-0.25, -0.2) is 0 Å². The summed E-state index contributed by atoms with van der Waals surface area (Å²) in [6, 6.07) is 30.2. The maximum atomic E-state index is 11.2. The van der Waals surface area contributed by atoms with Gasteiger partial charge in [0.25, 0.3) is 0 Å². The van der Waals surface area contributed by atoms with E-state index in [1.54, 1.807) is 0 Å². The summed E-state index contributed by atoms with van der Waals surface area (Å²) in [7, 11) is 0. The van der Waals surface area contributed by atoms with Gasteiger partial charge in [0.1, 0.15) is 24.7 Å². The highest BCUT2D eigenvalue weighted by atomic mass is 16.5. The summed E-state index contributed by atoms with van der Waals surface area (Å²) in [5.74, 6) is 0.641. The van der Waals surface area contributed by atoms with E-state index in [4.69, 9.17) is 9.47 Å². The fourth-order valence-electron chi connectivity index (χ4n) is 4.08. The van der Waals surface area contributed by atoms with Crippen LogP contribution in [0.4, 0.5) is 0 Å². The van der Waals surface area contributed by atoms with Crippen molar-refractivity contribution < 1.29 is 19.4 Å². The van der Waals surface area contributed by atoms with Gasteiger partial charge in [-0.3, -0.25) is 4.79 Å². The first-order chi connectivity index (χ1) is 15.7. The predicted molar refractivity (Wildman–Crippen MR) is 124 cm³/mol. The third-order valence-electron chi connectivity index (χ3n) is 5.94. The van der Waals surface area contributed by atoms with Gasteiger partial charge in [-0.15, -0.1) is 0 Å². The second-order valence-corrected chi connectivity index (χ2v) is 8.23. The molecule has 1 fully saturated rings. The van der Waals surface area contributed by atoms with Crippen molar-refractivity contribution in [2.45, 2.75) is 25.6 Å². The summed E-state index contributed by atoms with van der Waals surface area (Å²) in [5, 5.41) is 11.5. The Hall–Kier alpha value is -3.79. The van der Waals surface area contributed by atoms with Crippen molar-refractivity contribution in [3.8, 4) is 11.5 Å². The number of hydrogen-bond donors (Lipinski definition) is 1. The fraction of sp³-hybridized carbons (Fsp3) is 0.179. The quantitative estimate of drug-likeness (QED) is 0.367. The predicted octanol–water partition coefficient (Wildman–Crippen LogP) is 6.19. The van der Waals surface area contributed by atoms with Crippen LogP contribution in [0.3, 0.4) is 0 Å². The lowest BCUT2D eigenvalue weighted by atomic mass is 10.1. The smallest absolute Gasteiger partial charge is 0.307 e. The molecule has 1 N–H and O–H groups in total. The number of hydrogen-bond acceptors (Lipinski definition) is 3. The Bertz CT molecular complexity index is 1250. The van der Waals surface area contributed by atoms with Crippen LogP contribution in [0.15, 0.2) is 91.0 Å². The molecule has 0 heterocycles. The number of rotatable bonds is 8. The standard InChI is InChI=1S/C28H24O4/c29-28(30)26-16-25(26)24-8-4-5-9-27(24)32-18-20-10-11-22-15-23(13-12-21(22)14-20)31-17-19-6-2-1-3-7-19/h1-15,25-26H,16-18H2,(H,29,30). The summed E-state index contributed by atoms with van der Waals surface area (Å²) in [4.78, 5) is 11.2. The van der Waals surface area contributed by atoms with Gasteiger partial charge >= 0.3 is 5.97 Å². The summed E-state index contributed by atoms with van der Waals surface area (Å²) in [5.41, 5.74) is 3.19. The lowest BCUT2D eigenvalue weighted by Gasteiger charge is -2.12. The maximum absolute atomic E-state index is 11.2. The first kappa shape index (κ1) is 20.1. The Morgan fingerprint density at radius 3 is 2.31 bits per heavy atom. The molecule has 0 aliphatic heterocycles. The molecular formula is C28H24O4. The summed E-state index contributed by atoms with van der Waals surface area (Å²) in [6.45, 7) is 0.977. The van der Waals surface area contributed by atoms with Gasteiger partial charge in [-0.1, -0.05) is 66.7 Å². The Balaban J connectivity index is 1.26. The van der Waals surface area contributed by atoms with Crippen LogP contribution < -0.4 is 9.47 Å². The Labute approximate surface area is 187 Å². The van der Waals surface area contributed by atoms with Gasteiger partial charge in [-0.2, -0.15) is 0 Å². The SMILES string of the molecule is O=C(O)C1CC1c1ccccc1OCc1ccc2cc(OCc3ccccc3)ccc2c1. The Morgan fingerprint density at radius 1 is 0.781 bits per heavy atom. The second-order valence-electron chi connectivity index (χ2n) is 8.23. The topological polar surface area (TPSA) is 55.8 Å². The molecule has 4 heteroatoms. The average Bonchev–Trinajstić information content (AvgIpc) is 3.63. The number of carboxylic acid groups (broad SMARTS) is 1. The van der Waals surface area contributed by atoms with Gasteiger partial charge in [-0.05, 0) is 58.1 Å². The molecule has 0 radical (unpaired) electrons. The van der Waals surface area contributed by atoms with Crippen LogP contribution in [0.2, 0.25) is 0 Å². The summed E-state index contributed by atoms with van der Waals surface area (Å²) in [6.07, 6.45) is 0.681. The van der Waals surface area contributed by atoms with E-state index < -0.39 is 5.97 Å². The molecule has 1 saturated carbocycles. The number of para-hydroxylation sites is 1. The van der Waals surface area contributed by atoms with Crippen molar-refractivity contribution in [2.24, 2.45) is 5.92 Å². The van der Waals surface area contributed by atoms with E-state index in [-0.39, 0.29) is 11.8 Å². The molecule has 0 bridgehead atoms. The first-order valence-electron chi connectivity index (χ1n) is 10.8. The number of carbonyl (C=O) groups is 1. The maximum Gasteiger partial charge on any atom is 0.307 e. The molecular weight excluding hydrogens is 400 g/mol. The third kappa shape index (κ3) is 4.45. The van der Waals surface area contributed by atoms with Crippen molar-refractivity contribution in [1.29, 1.82) is 0 Å². The molecule has 1 aliphatic rings. The lowest BCUT2D eigenvalue weighted by Crippen LogP contribution is -2.02. The zero-order chi connectivity index (χ0) is 21.9.